The van der Waals surface area contributed by atoms with Gasteiger partial charge in [-0.25, -0.2) is 8.42 Å². The van der Waals surface area contributed by atoms with Gasteiger partial charge in [0, 0.05) is 23.0 Å². The lowest BCUT2D eigenvalue weighted by Gasteiger charge is -2.35. The maximum atomic E-state index is 14.6. The SMILES string of the molecule is CCOc1ccc(S(=O)(=O)N(CC(=O)N(Cc2ccc(Br)cc2)[C@@H](Cc2ccccc2)C(=O)NC(C)(C)C)c2ccc(C)cc2)cc1. The van der Waals surface area contributed by atoms with Crippen LogP contribution in [0.2, 0.25) is 0 Å². The van der Waals surface area contributed by atoms with Gasteiger partial charge in [-0.05, 0) is 94.3 Å². The summed E-state index contributed by atoms with van der Waals surface area (Å²) in [7, 11) is -4.22. The van der Waals surface area contributed by atoms with E-state index in [-0.39, 0.29) is 23.8 Å². The molecule has 10 heteroatoms. The fourth-order valence-electron chi connectivity index (χ4n) is 5.03. The van der Waals surface area contributed by atoms with E-state index >= 15 is 0 Å². The van der Waals surface area contributed by atoms with E-state index in [4.69, 9.17) is 4.74 Å². The fourth-order valence-corrected chi connectivity index (χ4v) is 6.71. The lowest BCUT2D eigenvalue weighted by molar-refractivity contribution is -0.140. The fraction of sp³-hybridized carbons (Fsp3) is 0.297. The van der Waals surface area contributed by atoms with E-state index in [1.54, 1.807) is 36.4 Å². The van der Waals surface area contributed by atoms with Gasteiger partial charge in [-0.15, -0.1) is 0 Å². The molecule has 0 spiro atoms. The molecule has 0 saturated heterocycles. The van der Waals surface area contributed by atoms with Gasteiger partial charge in [0.15, 0.2) is 0 Å². The molecular formula is C37H42BrN3O5S. The van der Waals surface area contributed by atoms with Crippen molar-refractivity contribution in [2.24, 2.45) is 0 Å². The Balaban J connectivity index is 1.80. The van der Waals surface area contributed by atoms with Crippen molar-refractivity contribution in [1.82, 2.24) is 10.2 Å². The number of amides is 2. The Morgan fingerprint density at radius 2 is 1.47 bits per heavy atom. The van der Waals surface area contributed by atoms with E-state index in [1.807, 2.05) is 89.2 Å². The third-order valence-corrected chi connectivity index (χ3v) is 9.68. The average Bonchev–Trinajstić information content (AvgIpc) is 3.03. The maximum absolute atomic E-state index is 14.6. The molecule has 4 aromatic carbocycles. The van der Waals surface area contributed by atoms with Crippen LogP contribution in [0, 0.1) is 6.92 Å². The normalized spacial score (nSPS) is 12.2. The number of aryl methyl sites for hydroxylation is 1. The quantitative estimate of drug-likeness (QED) is 0.162. The first-order valence-electron chi connectivity index (χ1n) is 15.5. The predicted octanol–water partition coefficient (Wildman–Crippen LogP) is 6.91. The molecule has 1 atom stereocenters. The largest absolute Gasteiger partial charge is 0.494 e. The number of ether oxygens (including phenoxy) is 1. The number of benzene rings is 4. The van der Waals surface area contributed by atoms with Crippen LogP contribution < -0.4 is 14.4 Å². The highest BCUT2D eigenvalue weighted by atomic mass is 79.9. The molecule has 0 bridgehead atoms. The summed E-state index contributed by atoms with van der Waals surface area (Å²) in [6.07, 6.45) is 0.237. The summed E-state index contributed by atoms with van der Waals surface area (Å²) in [5.41, 5.74) is 2.37. The number of hydrogen-bond acceptors (Lipinski definition) is 5. The summed E-state index contributed by atoms with van der Waals surface area (Å²) in [4.78, 5) is 30.1. The maximum Gasteiger partial charge on any atom is 0.264 e. The lowest BCUT2D eigenvalue weighted by Crippen LogP contribution is -2.56. The molecule has 1 N–H and O–H groups in total. The Kier molecular flexibility index (Phi) is 11.9. The zero-order valence-electron chi connectivity index (χ0n) is 27.4. The molecule has 0 radical (unpaired) electrons. The molecule has 0 aliphatic heterocycles. The number of hydrogen-bond donors (Lipinski definition) is 1. The zero-order valence-corrected chi connectivity index (χ0v) is 29.8. The van der Waals surface area contributed by atoms with Crippen molar-refractivity contribution in [2.75, 3.05) is 17.5 Å². The second-order valence-electron chi connectivity index (χ2n) is 12.3. The standard InChI is InChI=1S/C37H42BrN3O5S/c1-6-46-32-20-22-33(23-21-32)47(44,45)41(31-18-12-27(2)13-19-31)26-35(42)40(25-29-14-16-30(38)17-15-29)34(36(43)39-37(3,4)5)24-28-10-8-7-9-11-28/h7-23,34H,6,24-26H2,1-5H3,(H,39,43)/t34-/m0/s1. The second kappa shape index (κ2) is 15.6. The van der Waals surface area contributed by atoms with Crippen LogP contribution in [0.3, 0.4) is 0 Å². The molecule has 8 nitrogen and oxygen atoms in total. The Hall–Kier alpha value is -4.15. The molecule has 0 saturated carbocycles. The summed E-state index contributed by atoms with van der Waals surface area (Å²) in [5.74, 6) is -0.310. The van der Waals surface area contributed by atoms with Gasteiger partial charge in [0.2, 0.25) is 11.8 Å². The number of nitrogens with one attached hydrogen (secondary N) is 1. The van der Waals surface area contributed by atoms with Gasteiger partial charge in [-0.1, -0.05) is 76.1 Å². The molecule has 2 amide bonds. The van der Waals surface area contributed by atoms with Crippen LogP contribution in [-0.2, 0) is 32.6 Å². The zero-order chi connectivity index (χ0) is 34.2. The Morgan fingerprint density at radius 3 is 2.04 bits per heavy atom. The van der Waals surface area contributed by atoms with E-state index in [9.17, 15) is 18.0 Å². The second-order valence-corrected chi connectivity index (χ2v) is 15.1. The van der Waals surface area contributed by atoms with Gasteiger partial charge >= 0.3 is 0 Å². The van der Waals surface area contributed by atoms with Crippen molar-refractivity contribution in [3.8, 4) is 5.75 Å². The summed E-state index contributed by atoms with van der Waals surface area (Å²) >= 11 is 3.46. The number of sulfonamides is 1. The number of nitrogens with zero attached hydrogens (tertiary/aromatic N) is 2. The van der Waals surface area contributed by atoms with Crippen molar-refractivity contribution in [3.63, 3.8) is 0 Å². The Labute approximate surface area is 286 Å². The van der Waals surface area contributed by atoms with Crippen LogP contribution in [0.15, 0.2) is 112 Å². The van der Waals surface area contributed by atoms with Gasteiger partial charge in [0.1, 0.15) is 18.3 Å². The highest BCUT2D eigenvalue weighted by molar-refractivity contribution is 9.10. The van der Waals surface area contributed by atoms with Crippen LogP contribution in [0.4, 0.5) is 5.69 Å². The molecule has 0 aromatic heterocycles. The Bertz CT molecular complexity index is 1740. The molecule has 4 aromatic rings. The van der Waals surface area contributed by atoms with Crippen LogP contribution in [0.1, 0.15) is 44.4 Å². The molecule has 248 valence electrons. The molecule has 0 aliphatic rings. The van der Waals surface area contributed by atoms with Gasteiger partial charge in [0.05, 0.1) is 17.2 Å². The highest BCUT2D eigenvalue weighted by Crippen LogP contribution is 2.27. The minimum absolute atomic E-state index is 0.0140. The minimum atomic E-state index is -4.22. The van der Waals surface area contributed by atoms with Crippen molar-refractivity contribution >= 4 is 43.5 Å². The third kappa shape index (κ3) is 9.92. The smallest absolute Gasteiger partial charge is 0.264 e. The molecular weight excluding hydrogens is 678 g/mol. The number of rotatable bonds is 13. The van der Waals surface area contributed by atoms with E-state index < -0.39 is 34.1 Å². The van der Waals surface area contributed by atoms with E-state index in [1.165, 1.54) is 17.0 Å². The minimum Gasteiger partial charge on any atom is -0.494 e. The molecule has 4 rings (SSSR count). The van der Waals surface area contributed by atoms with Crippen LogP contribution in [0.25, 0.3) is 0 Å². The van der Waals surface area contributed by atoms with Crippen molar-refractivity contribution in [1.29, 1.82) is 0 Å². The monoisotopic (exact) mass is 719 g/mol. The number of anilines is 1. The average molecular weight is 721 g/mol. The number of carbonyl (C=O) groups excluding carboxylic acids is 2. The lowest BCUT2D eigenvalue weighted by atomic mass is 10.0. The summed E-state index contributed by atoms with van der Waals surface area (Å²) in [6, 6.07) is 29.1. The molecule has 0 aliphatic carbocycles. The molecule has 47 heavy (non-hydrogen) atoms. The third-order valence-electron chi connectivity index (χ3n) is 7.36. The first-order chi connectivity index (χ1) is 22.3. The number of halogens is 1. The molecule has 0 heterocycles. The highest BCUT2D eigenvalue weighted by Gasteiger charge is 2.35. The number of carbonyl (C=O) groups is 2. The van der Waals surface area contributed by atoms with E-state index in [0.717, 1.165) is 25.5 Å². The van der Waals surface area contributed by atoms with Crippen molar-refractivity contribution in [3.05, 3.63) is 124 Å². The topological polar surface area (TPSA) is 96.0 Å². The van der Waals surface area contributed by atoms with Gasteiger partial charge < -0.3 is 15.0 Å². The van der Waals surface area contributed by atoms with Gasteiger partial charge in [0.25, 0.3) is 10.0 Å². The van der Waals surface area contributed by atoms with Crippen LogP contribution >= 0.6 is 15.9 Å². The van der Waals surface area contributed by atoms with Crippen molar-refractivity contribution < 1.29 is 22.7 Å². The van der Waals surface area contributed by atoms with Gasteiger partial charge in [-0.3, -0.25) is 13.9 Å². The first-order valence-corrected chi connectivity index (χ1v) is 17.7. The summed E-state index contributed by atoms with van der Waals surface area (Å²) in [5, 5.41) is 3.05. The summed E-state index contributed by atoms with van der Waals surface area (Å²) < 4.78 is 36.0. The van der Waals surface area contributed by atoms with Gasteiger partial charge in [-0.2, -0.15) is 0 Å². The first kappa shape index (κ1) is 35.7. The summed E-state index contributed by atoms with van der Waals surface area (Å²) in [6.45, 7) is 9.41. The van der Waals surface area contributed by atoms with E-state index in [2.05, 4.69) is 21.2 Å². The Morgan fingerprint density at radius 1 is 0.851 bits per heavy atom. The molecule has 0 unspecified atom stereocenters. The van der Waals surface area contributed by atoms with Crippen LogP contribution in [-0.4, -0.2) is 49.9 Å². The van der Waals surface area contributed by atoms with E-state index in [0.29, 0.717) is 18.0 Å². The molecule has 0 fully saturated rings. The van der Waals surface area contributed by atoms with Crippen molar-refractivity contribution in [2.45, 2.75) is 64.1 Å². The van der Waals surface area contributed by atoms with Crippen LogP contribution in [0.5, 0.6) is 5.75 Å². The predicted molar refractivity (Wildman–Crippen MR) is 190 cm³/mol.